The van der Waals surface area contributed by atoms with Gasteiger partial charge in [-0.25, -0.2) is 0 Å². The van der Waals surface area contributed by atoms with E-state index in [-0.39, 0.29) is 22.6 Å². The summed E-state index contributed by atoms with van der Waals surface area (Å²) in [6, 6.07) is 15.7. The maximum absolute atomic E-state index is 12.8. The minimum Gasteiger partial charge on any atom is -0.325 e. The lowest BCUT2D eigenvalue weighted by Gasteiger charge is -2.20. The van der Waals surface area contributed by atoms with E-state index in [9.17, 15) is 9.59 Å². The molecule has 2 aromatic carbocycles. The van der Waals surface area contributed by atoms with Crippen molar-refractivity contribution in [2.24, 2.45) is 5.41 Å². The highest BCUT2D eigenvalue weighted by Gasteiger charge is 2.56. The Labute approximate surface area is 174 Å². The first kappa shape index (κ1) is 21.1. The molecule has 2 amide bonds. The number of nitrogens with one attached hydrogen (secondary N) is 2. The quantitative estimate of drug-likeness (QED) is 0.662. The number of benzene rings is 2. The molecule has 1 saturated carbocycles. The van der Waals surface area contributed by atoms with Crippen LogP contribution in [0.1, 0.15) is 65.5 Å². The van der Waals surface area contributed by atoms with Crippen LogP contribution in [0.4, 0.5) is 11.4 Å². The fraction of sp³-hybridized carbons (Fsp3) is 0.440. The Bertz CT molecular complexity index is 820. The van der Waals surface area contributed by atoms with Crippen molar-refractivity contribution in [1.82, 2.24) is 0 Å². The van der Waals surface area contributed by atoms with Gasteiger partial charge >= 0.3 is 0 Å². The van der Waals surface area contributed by atoms with Crippen molar-refractivity contribution in [1.29, 1.82) is 0 Å². The fourth-order valence-electron chi connectivity index (χ4n) is 3.29. The zero-order valence-electron chi connectivity index (χ0n) is 18.3. The van der Waals surface area contributed by atoms with Crippen LogP contribution in [0.5, 0.6) is 0 Å². The van der Waals surface area contributed by atoms with Crippen LogP contribution in [0, 0.1) is 5.41 Å². The van der Waals surface area contributed by atoms with Crippen molar-refractivity contribution in [3.8, 4) is 0 Å². The number of rotatable bonds is 4. The molecule has 3 rings (SSSR count). The summed E-state index contributed by atoms with van der Waals surface area (Å²) in [6.07, 6.45) is 1.15. The summed E-state index contributed by atoms with van der Waals surface area (Å²) in [4.78, 5) is 25.6. The molecule has 0 aliphatic heterocycles. The molecule has 1 aliphatic rings. The highest BCUT2D eigenvalue weighted by Crippen LogP contribution is 2.47. The van der Waals surface area contributed by atoms with Crippen LogP contribution in [0.2, 0.25) is 0 Å². The van der Waals surface area contributed by atoms with Gasteiger partial charge in [-0.05, 0) is 59.1 Å². The zero-order valence-corrected chi connectivity index (χ0v) is 18.3. The van der Waals surface area contributed by atoms with Crippen molar-refractivity contribution in [2.45, 2.75) is 65.2 Å². The molecule has 4 nitrogen and oxygen atoms in total. The maximum atomic E-state index is 12.8. The molecular weight excluding hydrogens is 360 g/mol. The van der Waals surface area contributed by atoms with Crippen LogP contribution >= 0.6 is 0 Å². The van der Waals surface area contributed by atoms with Crippen LogP contribution in [0.15, 0.2) is 48.5 Å². The van der Waals surface area contributed by atoms with Gasteiger partial charge in [0.25, 0.3) is 0 Å². The molecular formula is C25H32N2O2. The van der Waals surface area contributed by atoms with Crippen LogP contribution in [0.25, 0.3) is 0 Å². The number of hydrogen-bond acceptors (Lipinski definition) is 2. The first-order valence-electron chi connectivity index (χ1n) is 10.3. The van der Waals surface area contributed by atoms with Crippen molar-refractivity contribution in [2.75, 3.05) is 10.6 Å². The molecule has 0 atom stereocenters. The molecule has 0 bridgehead atoms. The molecule has 154 valence electrons. The zero-order chi connectivity index (χ0) is 21.4. The Kier molecular flexibility index (Phi) is 5.33. The predicted octanol–water partition coefficient (Wildman–Crippen LogP) is 5.64. The third-order valence-corrected chi connectivity index (χ3v) is 5.64. The average molecular weight is 393 g/mol. The summed E-state index contributed by atoms with van der Waals surface area (Å²) < 4.78 is 0. The lowest BCUT2D eigenvalue weighted by atomic mass is 9.87. The molecule has 2 aromatic rings. The van der Waals surface area contributed by atoms with E-state index in [2.05, 4.69) is 52.2 Å². The first-order chi connectivity index (χ1) is 13.4. The average Bonchev–Trinajstić information content (AvgIpc) is 3.43. The summed E-state index contributed by atoms with van der Waals surface area (Å²) in [5.41, 5.74) is 2.99. The molecule has 0 unspecified atom stereocenters. The minimum absolute atomic E-state index is 0.0582. The molecule has 2 N–H and O–H groups in total. The second-order valence-corrected chi connectivity index (χ2v) is 10.1. The van der Waals surface area contributed by atoms with Gasteiger partial charge in [-0.3, -0.25) is 9.59 Å². The monoisotopic (exact) mass is 392 g/mol. The molecule has 0 saturated heterocycles. The Morgan fingerprint density at radius 1 is 0.655 bits per heavy atom. The standard InChI is InChI=1S/C25H32N2O2/c1-23(2,3)17-7-11-19(12-8-17)26-21(28)25(15-16-25)22(29)27-20-13-9-18(10-14-20)24(4,5)6/h7-14H,15-16H2,1-6H3,(H,26,28)(H,27,29). The molecule has 29 heavy (non-hydrogen) atoms. The fourth-order valence-corrected chi connectivity index (χ4v) is 3.29. The molecule has 1 aliphatic carbocycles. The number of anilines is 2. The highest BCUT2D eigenvalue weighted by molar-refractivity contribution is 6.16. The van der Waals surface area contributed by atoms with Gasteiger partial charge in [-0.2, -0.15) is 0 Å². The third-order valence-electron chi connectivity index (χ3n) is 5.64. The molecule has 0 spiro atoms. The predicted molar refractivity (Wildman–Crippen MR) is 119 cm³/mol. The van der Waals surface area contributed by atoms with E-state index in [4.69, 9.17) is 0 Å². The Hall–Kier alpha value is -2.62. The van der Waals surface area contributed by atoms with E-state index in [1.165, 1.54) is 11.1 Å². The summed E-state index contributed by atoms with van der Waals surface area (Å²) >= 11 is 0. The van der Waals surface area contributed by atoms with Gasteiger partial charge < -0.3 is 10.6 Å². The molecule has 0 radical (unpaired) electrons. The summed E-state index contributed by atoms with van der Waals surface area (Å²) in [5, 5.41) is 5.84. The number of carbonyl (C=O) groups is 2. The Morgan fingerprint density at radius 2 is 0.966 bits per heavy atom. The second-order valence-electron chi connectivity index (χ2n) is 10.1. The summed E-state index contributed by atoms with van der Waals surface area (Å²) in [6.45, 7) is 12.9. The van der Waals surface area contributed by atoms with E-state index in [0.29, 0.717) is 12.8 Å². The van der Waals surface area contributed by atoms with E-state index in [1.54, 1.807) is 0 Å². The Morgan fingerprint density at radius 3 is 1.21 bits per heavy atom. The van der Waals surface area contributed by atoms with Gasteiger partial charge in [0.1, 0.15) is 5.41 Å². The van der Waals surface area contributed by atoms with Crippen molar-refractivity contribution >= 4 is 23.2 Å². The van der Waals surface area contributed by atoms with Crippen LogP contribution in [-0.4, -0.2) is 11.8 Å². The van der Waals surface area contributed by atoms with Gasteiger partial charge in [0.15, 0.2) is 0 Å². The Balaban J connectivity index is 1.65. The van der Waals surface area contributed by atoms with Gasteiger partial charge in [0.05, 0.1) is 0 Å². The SMILES string of the molecule is CC(C)(C)c1ccc(NC(=O)C2(C(=O)Nc3ccc(C(C)(C)C)cc3)CC2)cc1. The summed E-state index contributed by atoms with van der Waals surface area (Å²) in [5.74, 6) is -0.463. The minimum atomic E-state index is -0.967. The van der Waals surface area contributed by atoms with Gasteiger partial charge in [-0.1, -0.05) is 65.8 Å². The lowest BCUT2D eigenvalue weighted by molar-refractivity contribution is -0.131. The van der Waals surface area contributed by atoms with E-state index < -0.39 is 5.41 Å². The van der Waals surface area contributed by atoms with Crippen molar-refractivity contribution in [3.05, 3.63) is 59.7 Å². The van der Waals surface area contributed by atoms with Crippen LogP contribution in [0.3, 0.4) is 0 Å². The molecule has 4 heteroatoms. The highest BCUT2D eigenvalue weighted by atomic mass is 16.2. The van der Waals surface area contributed by atoms with Crippen LogP contribution in [-0.2, 0) is 20.4 Å². The van der Waals surface area contributed by atoms with E-state index >= 15 is 0 Å². The van der Waals surface area contributed by atoms with E-state index in [1.807, 2.05) is 48.5 Å². The largest absolute Gasteiger partial charge is 0.325 e. The lowest BCUT2D eigenvalue weighted by Crippen LogP contribution is -2.35. The molecule has 1 fully saturated rings. The first-order valence-corrected chi connectivity index (χ1v) is 10.3. The third kappa shape index (κ3) is 4.69. The molecule has 0 heterocycles. The maximum Gasteiger partial charge on any atom is 0.240 e. The van der Waals surface area contributed by atoms with E-state index in [0.717, 1.165) is 11.4 Å². The number of carbonyl (C=O) groups excluding carboxylic acids is 2. The topological polar surface area (TPSA) is 58.2 Å². The van der Waals surface area contributed by atoms with Crippen molar-refractivity contribution in [3.63, 3.8) is 0 Å². The van der Waals surface area contributed by atoms with Gasteiger partial charge in [0.2, 0.25) is 11.8 Å². The van der Waals surface area contributed by atoms with Gasteiger partial charge in [0, 0.05) is 11.4 Å². The van der Waals surface area contributed by atoms with Gasteiger partial charge in [-0.15, -0.1) is 0 Å². The van der Waals surface area contributed by atoms with Crippen molar-refractivity contribution < 1.29 is 9.59 Å². The smallest absolute Gasteiger partial charge is 0.240 e. The normalized spacial score (nSPS) is 15.5. The number of hydrogen-bond donors (Lipinski definition) is 2. The summed E-state index contributed by atoms with van der Waals surface area (Å²) in [7, 11) is 0. The molecule has 0 aromatic heterocycles. The second kappa shape index (κ2) is 7.33. The number of amides is 2. The van der Waals surface area contributed by atoms with Crippen LogP contribution < -0.4 is 10.6 Å².